The van der Waals surface area contributed by atoms with E-state index in [1.165, 1.54) is 0 Å². The Hall–Kier alpha value is -1.47. The van der Waals surface area contributed by atoms with E-state index >= 15 is 0 Å². The highest BCUT2D eigenvalue weighted by atomic mass is 32.2. The van der Waals surface area contributed by atoms with Crippen LogP contribution in [0.3, 0.4) is 0 Å². The van der Waals surface area contributed by atoms with Crippen molar-refractivity contribution < 1.29 is 18.3 Å². The van der Waals surface area contributed by atoms with Crippen molar-refractivity contribution in [2.45, 2.75) is 31.8 Å². The molecule has 23 heavy (non-hydrogen) atoms. The first-order chi connectivity index (χ1) is 10.8. The molecule has 2 aliphatic heterocycles. The highest BCUT2D eigenvalue weighted by Gasteiger charge is 2.40. The molecule has 3 heterocycles. The molecule has 0 aromatic carbocycles. The van der Waals surface area contributed by atoms with Crippen LogP contribution in [0.15, 0.2) is 18.3 Å². The molecule has 1 aromatic rings. The van der Waals surface area contributed by atoms with Gasteiger partial charge in [-0.2, -0.15) is 0 Å². The molecular formula is C16H22N2O4S. The predicted molar refractivity (Wildman–Crippen MR) is 85.4 cm³/mol. The number of rotatable bonds is 2. The highest BCUT2D eigenvalue weighted by Crippen LogP contribution is 2.33. The van der Waals surface area contributed by atoms with Crippen LogP contribution in [0.1, 0.15) is 30.5 Å². The zero-order valence-electron chi connectivity index (χ0n) is 13.2. The Bertz CT molecular complexity index is 691. The molecule has 0 saturated carbocycles. The van der Waals surface area contributed by atoms with Gasteiger partial charge in [-0.05, 0) is 37.8 Å². The first-order valence-electron chi connectivity index (χ1n) is 7.94. The van der Waals surface area contributed by atoms with Gasteiger partial charge in [0.25, 0.3) is 0 Å². The molecule has 2 saturated heterocycles. The lowest BCUT2D eigenvalue weighted by Gasteiger charge is -2.38. The van der Waals surface area contributed by atoms with Gasteiger partial charge in [0.2, 0.25) is 5.91 Å². The molecule has 1 amide bonds. The average molecular weight is 338 g/mol. The maximum Gasteiger partial charge on any atom is 0.226 e. The van der Waals surface area contributed by atoms with Crippen LogP contribution >= 0.6 is 0 Å². The van der Waals surface area contributed by atoms with Crippen molar-refractivity contribution in [1.29, 1.82) is 0 Å². The van der Waals surface area contributed by atoms with Crippen LogP contribution in [0.2, 0.25) is 0 Å². The van der Waals surface area contributed by atoms with E-state index < -0.39 is 21.4 Å². The van der Waals surface area contributed by atoms with Gasteiger partial charge in [0, 0.05) is 19.3 Å². The molecule has 1 N–H and O–H groups in total. The summed E-state index contributed by atoms with van der Waals surface area (Å²) in [5.41, 5.74) is 0.665. The van der Waals surface area contributed by atoms with Gasteiger partial charge in [-0.15, -0.1) is 0 Å². The Morgan fingerprint density at radius 2 is 2.04 bits per heavy atom. The van der Waals surface area contributed by atoms with Crippen molar-refractivity contribution in [3.05, 3.63) is 29.6 Å². The van der Waals surface area contributed by atoms with Crippen LogP contribution in [0.4, 0.5) is 0 Å². The normalized spacial score (nSPS) is 26.2. The lowest BCUT2D eigenvalue weighted by Crippen LogP contribution is -2.47. The molecule has 2 fully saturated rings. The van der Waals surface area contributed by atoms with Crippen molar-refractivity contribution in [1.82, 2.24) is 9.88 Å². The summed E-state index contributed by atoms with van der Waals surface area (Å²) in [6.07, 6.45) is 3.00. The quantitative estimate of drug-likeness (QED) is 0.855. The number of pyridine rings is 1. The largest absolute Gasteiger partial charge is 0.383 e. The van der Waals surface area contributed by atoms with Gasteiger partial charge in [-0.3, -0.25) is 9.78 Å². The summed E-state index contributed by atoms with van der Waals surface area (Å²) in [5, 5.41) is 10.8. The Kier molecular flexibility index (Phi) is 4.18. The maximum atomic E-state index is 12.4. The van der Waals surface area contributed by atoms with Crippen molar-refractivity contribution >= 4 is 15.7 Å². The summed E-state index contributed by atoms with van der Waals surface area (Å²) < 4.78 is 23.0. The third-order valence-corrected chi connectivity index (χ3v) is 6.64. The summed E-state index contributed by atoms with van der Waals surface area (Å²) in [7, 11) is -3.06. The van der Waals surface area contributed by atoms with Crippen molar-refractivity contribution in [3.63, 3.8) is 0 Å². The molecule has 0 radical (unpaired) electrons. The lowest BCUT2D eigenvalue weighted by atomic mass is 9.87. The Morgan fingerprint density at radius 3 is 2.57 bits per heavy atom. The Labute approximate surface area is 136 Å². The van der Waals surface area contributed by atoms with E-state index in [-0.39, 0.29) is 17.4 Å². The third kappa shape index (κ3) is 3.40. The van der Waals surface area contributed by atoms with Crippen molar-refractivity contribution in [2.24, 2.45) is 5.92 Å². The van der Waals surface area contributed by atoms with Crippen LogP contribution in [0.25, 0.3) is 0 Å². The number of aromatic nitrogens is 1. The number of nitrogens with zero attached hydrogens (tertiary/aromatic N) is 2. The minimum Gasteiger partial charge on any atom is -0.383 e. The molecule has 6 nitrogen and oxygen atoms in total. The molecule has 0 spiro atoms. The Balaban J connectivity index is 1.64. The highest BCUT2D eigenvalue weighted by molar-refractivity contribution is 7.91. The van der Waals surface area contributed by atoms with Crippen LogP contribution < -0.4 is 0 Å². The second-order valence-corrected chi connectivity index (χ2v) is 8.91. The smallest absolute Gasteiger partial charge is 0.226 e. The maximum absolute atomic E-state index is 12.4. The van der Waals surface area contributed by atoms with Crippen molar-refractivity contribution in [2.75, 3.05) is 24.6 Å². The van der Waals surface area contributed by atoms with E-state index in [2.05, 4.69) is 4.98 Å². The second kappa shape index (κ2) is 5.87. The molecule has 2 aliphatic rings. The van der Waals surface area contributed by atoms with E-state index in [4.69, 9.17) is 0 Å². The number of hydrogen-bond donors (Lipinski definition) is 1. The molecule has 126 valence electrons. The molecule has 1 atom stereocenters. The van der Waals surface area contributed by atoms with E-state index in [9.17, 15) is 18.3 Å². The molecule has 1 aromatic heterocycles. The van der Waals surface area contributed by atoms with Gasteiger partial charge in [0.05, 0.1) is 23.1 Å². The van der Waals surface area contributed by atoms with Crippen LogP contribution in [-0.2, 0) is 20.2 Å². The molecule has 0 aliphatic carbocycles. The molecule has 0 unspecified atom stereocenters. The van der Waals surface area contributed by atoms with E-state index in [1.54, 1.807) is 11.1 Å². The van der Waals surface area contributed by atoms with E-state index in [1.807, 2.05) is 19.1 Å². The lowest BCUT2D eigenvalue weighted by molar-refractivity contribution is -0.139. The summed E-state index contributed by atoms with van der Waals surface area (Å²) in [6.45, 7) is 2.81. The number of aryl methyl sites for hydroxylation is 1. The summed E-state index contributed by atoms with van der Waals surface area (Å²) in [4.78, 5) is 18.4. The third-order valence-electron chi connectivity index (χ3n) is 4.87. The molecule has 7 heteroatoms. The molecular weight excluding hydrogens is 316 g/mol. The van der Waals surface area contributed by atoms with Gasteiger partial charge < -0.3 is 10.0 Å². The SMILES string of the molecule is Cc1ccc(C2(O)CCN(C(=O)[C@@H]3CCS(=O)(=O)C3)CC2)nc1. The number of hydrogen-bond acceptors (Lipinski definition) is 5. The van der Waals surface area contributed by atoms with Crippen LogP contribution in [-0.4, -0.2) is 53.9 Å². The van der Waals surface area contributed by atoms with Crippen LogP contribution in [0.5, 0.6) is 0 Å². The zero-order chi connectivity index (χ0) is 16.7. The monoisotopic (exact) mass is 338 g/mol. The number of carbonyl (C=O) groups excluding carboxylic acids is 1. The van der Waals surface area contributed by atoms with E-state index in [0.717, 1.165) is 5.56 Å². The van der Waals surface area contributed by atoms with Gasteiger partial charge in [-0.1, -0.05) is 6.07 Å². The number of amides is 1. The fourth-order valence-electron chi connectivity index (χ4n) is 3.34. The second-order valence-electron chi connectivity index (χ2n) is 6.68. The predicted octanol–water partition coefficient (Wildman–Crippen LogP) is 0.635. The fourth-order valence-corrected chi connectivity index (χ4v) is 5.08. The fraction of sp³-hybridized carbons (Fsp3) is 0.625. The van der Waals surface area contributed by atoms with Gasteiger partial charge >= 0.3 is 0 Å². The Morgan fingerprint density at radius 1 is 1.35 bits per heavy atom. The first-order valence-corrected chi connectivity index (χ1v) is 9.76. The summed E-state index contributed by atoms with van der Waals surface area (Å²) in [5.74, 6) is -0.436. The van der Waals surface area contributed by atoms with Gasteiger partial charge in [0.15, 0.2) is 9.84 Å². The molecule has 0 bridgehead atoms. The summed E-state index contributed by atoms with van der Waals surface area (Å²) >= 11 is 0. The topological polar surface area (TPSA) is 87.6 Å². The zero-order valence-corrected chi connectivity index (χ0v) is 14.1. The van der Waals surface area contributed by atoms with E-state index in [0.29, 0.717) is 38.0 Å². The standard InChI is InChI=1S/C16H22N2O4S/c1-12-2-3-14(17-10-12)16(20)5-7-18(8-6-16)15(19)13-4-9-23(21,22)11-13/h2-3,10,13,20H,4-9,11H2,1H3/t13-/m1/s1. The molecule has 3 rings (SSSR count). The van der Waals surface area contributed by atoms with Crippen molar-refractivity contribution in [3.8, 4) is 0 Å². The number of sulfone groups is 1. The number of piperidine rings is 1. The average Bonchev–Trinajstić information content (AvgIpc) is 2.88. The minimum atomic E-state index is -3.06. The van der Waals surface area contributed by atoms with Gasteiger partial charge in [-0.25, -0.2) is 8.42 Å². The number of carbonyl (C=O) groups is 1. The first kappa shape index (κ1) is 16.4. The van der Waals surface area contributed by atoms with Gasteiger partial charge in [0.1, 0.15) is 5.60 Å². The number of aliphatic hydroxyl groups is 1. The minimum absolute atomic E-state index is 0.0356. The van der Waals surface area contributed by atoms with Crippen LogP contribution in [0, 0.1) is 12.8 Å². The summed E-state index contributed by atoms with van der Waals surface area (Å²) in [6, 6.07) is 3.75. The number of likely N-dealkylation sites (tertiary alicyclic amines) is 1.